The second-order valence-electron chi connectivity index (χ2n) is 6.96. The summed E-state index contributed by atoms with van der Waals surface area (Å²) < 4.78 is 5.87. The molecule has 1 nitrogen and oxygen atoms in total. The van der Waals surface area contributed by atoms with Crippen LogP contribution < -0.4 is 4.74 Å². The van der Waals surface area contributed by atoms with E-state index in [1.165, 1.54) is 68.9 Å². The Bertz CT molecular complexity index is 565. The van der Waals surface area contributed by atoms with Crippen molar-refractivity contribution in [1.29, 1.82) is 0 Å². The van der Waals surface area contributed by atoms with Crippen molar-refractivity contribution in [2.75, 3.05) is 12.5 Å². The summed E-state index contributed by atoms with van der Waals surface area (Å²) in [5, 5.41) is 0. The highest BCUT2D eigenvalue weighted by Crippen LogP contribution is 2.22. The molecule has 0 spiro atoms. The summed E-state index contributed by atoms with van der Waals surface area (Å²) in [5.41, 5.74) is 2.48. The summed E-state index contributed by atoms with van der Waals surface area (Å²) in [5.74, 6) is 1.79. The van der Waals surface area contributed by atoms with Crippen LogP contribution in [0.2, 0.25) is 0 Å². The van der Waals surface area contributed by atoms with Gasteiger partial charge in [-0.25, -0.2) is 0 Å². The molecular weight excluding hydrogens is 340 g/mol. The van der Waals surface area contributed by atoms with Gasteiger partial charge in [-0.15, -0.1) is 11.6 Å². The zero-order valence-corrected chi connectivity index (χ0v) is 16.7. The first-order chi connectivity index (χ1) is 12.9. The Morgan fingerprint density at radius 3 is 1.62 bits per heavy atom. The second-order valence-corrected chi connectivity index (χ2v) is 7.34. The molecule has 0 aliphatic heterocycles. The molecule has 2 heteroatoms. The van der Waals surface area contributed by atoms with Crippen LogP contribution in [0, 0.1) is 0 Å². The fourth-order valence-corrected chi connectivity index (χ4v) is 3.36. The molecule has 2 aromatic carbocycles. The summed E-state index contributed by atoms with van der Waals surface area (Å²) >= 11 is 5.69. The number of halogens is 1. The van der Waals surface area contributed by atoms with Gasteiger partial charge >= 0.3 is 0 Å². The fourth-order valence-electron chi connectivity index (χ4n) is 3.18. The molecule has 0 N–H and O–H groups in total. The summed E-state index contributed by atoms with van der Waals surface area (Å²) in [6.07, 6.45) is 13.1. The zero-order valence-electron chi connectivity index (χ0n) is 16.0. The normalized spacial score (nSPS) is 10.8. The van der Waals surface area contributed by atoms with Crippen molar-refractivity contribution in [2.45, 2.75) is 64.2 Å². The number of hydrogen-bond donors (Lipinski definition) is 0. The second kappa shape index (κ2) is 13.7. The maximum Gasteiger partial charge on any atom is 0.119 e. The summed E-state index contributed by atoms with van der Waals surface area (Å²) in [6, 6.07) is 18.9. The van der Waals surface area contributed by atoms with Crippen LogP contribution in [0.15, 0.2) is 54.6 Å². The number of hydrogen-bond acceptors (Lipinski definition) is 1. The van der Waals surface area contributed by atoms with E-state index in [9.17, 15) is 0 Å². The summed E-state index contributed by atoms with van der Waals surface area (Å²) in [6.45, 7) is 0.823. The van der Waals surface area contributed by atoms with Gasteiger partial charge < -0.3 is 4.74 Å². The minimum absolute atomic E-state index is 0.819. The predicted octanol–water partition coefficient (Wildman–Crippen LogP) is 7.87. The van der Waals surface area contributed by atoms with Crippen LogP contribution in [0.5, 0.6) is 5.75 Å². The first-order valence-electron chi connectivity index (χ1n) is 10.2. The third-order valence-corrected chi connectivity index (χ3v) is 5.03. The van der Waals surface area contributed by atoms with Crippen LogP contribution in [-0.2, 0) is 0 Å². The van der Waals surface area contributed by atoms with Crippen LogP contribution in [0.3, 0.4) is 0 Å². The summed E-state index contributed by atoms with van der Waals surface area (Å²) in [4.78, 5) is 0. The molecule has 0 saturated heterocycles. The van der Waals surface area contributed by atoms with Crippen LogP contribution in [-0.4, -0.2) is 12.5 Å². The molecule has 0 radical (unpaired) electrons. The van der Waals surface area contributed by atoms with Gasteiger partial charge in [0, 0.05) is 5.88 Å². The van der Waals surface area contributed by atoms with Gasteiger partial charge in [-0.2, -0.15) is 0 Å². The van der Waals surface area contributed by atoms with Crippen LogP contribution >= 0.6 is 11.6 Å². The lowest BCUT2D eigenvalue weighted by Gasteiger charge is -2.07. The SMILES string of the molecule is ClCCCCCCCCCCCCOc1ccc(-c2ccccc2)cc1. The molecule has 0 atom stereocenters. The Balaban J connectivity index is 1.47. The van der Waals surface area contributed by atoms with E-state index in [-0.39, 0.29) is 0 Å². The van der Waals surface area contributed by atoms with E-state index in [0.717, 1.165) is 24.7 Å². The van der Waals surface area contributed by atoms with E-state index in [4.69, 9.17) is 16.3 Å². The molecule has 0 fully saturated rings. The molecule has 0 amide bonds. The highest BCUT2D eigenvalue weighted by atomic mass is 35.5. The topological polar surface area (TPSA) is 9.23 Å². The lowest BCUT2D eigenvalue weighted by molar-refractivity contribution is 0.304. The Hall–Kier alpha value is -1.47. The van der Waals surface area contributed by atoms with Crippen molar-refractivity contribution in [1.82, 2.24) is 0 Å². The standard InChI is InChI=1S/C24H33ClO/c25-20-12-7-5-3-1-2-4-6-8-13-21-26-24-18-16-23(17-19-24)22-14-10-9-11-15-22/h9-11,14-19H,1-8,12-13,20-21H2. The van der Waals surface area contributed by atoms with Crippen molar-refractivity contribution in [3.8, 4) is 16.9 Å². The van der Waals surface area contributed by atoms with Gasteiger partial charge in [0.25, 0.3) is 0 Å². The molecule has 26 heavy (non-hydrogen) atoms. The molecule has 142 valence electrons. The molecule has 0 heterocycles. The van der Waals surface area contributed by atoms with Gasteiger partial charge in [-0.1, -0.05) is 93.8 Å². The van der Waals surface area contributed by atoms with Crippen molar-refractivity contribution < 1.29 is 4.74 Å². The van der Waals surface area contributed by atoms with Crippen molar-refractivity contribution >= 4 is 11.6 Å². The Kier molecular flexibility index (Phi) is 11.0. The van der Waals surface area contributed by atoms with Gasteiger partial charge in [0.15, 0.2) is 0 Å². The van der Waals surface area contributed by atoms with E-state index in [1.54, 1.807) is 0 Å². The Morgan fingerprint density at radius 2 is 1.04 bits per heavy atom. The Morgan fingerprint density at radius 1 is 0.538 bits per heavy atom. The monoisotopic (exact) mass is 372 g/mol. The number of alkyl halides is 1. The molecule has 0 aliphatic carbocycles. The van der Waals surface area contributed by atoms with Crippen LogP contribution in [0.1, 0.15) is 64.2 Å². The predicted molar refractivity (Wildman–Crippen MR) is 114 cm³/mol. The van der Waals surface area contributed by atoms with Gasteiger partial charge in [-0.3, -0.25) is 0 Å². The largest absolute Gasteiger partial charge is 0.494 e. The van der Waals surface area contributed by atoms with Gasteiger partial charge in [0.05, 0.1) is 6.61 Å². The van der Waals surface area contributed by atoms with E-state index in [0.29, 0.717) is 0 Å². The average molecular weight is 373 g/mol. The zero-order chi connectivity index (χ0) is 18.3. The molecule has 0 unspecified atom stereocenters. The maximum atomic E-state index is 5.87. The molecule has 0 bridgehead atoms. The number of unbranched alkanes of at least 4 members (excludes halogenated alkanes) is 9. The van der Waals surface area contributed by atoms with Crippen molar-refractivity contribution in [2.24, 2.45) is 0 Å². The third kappa shape index (κ3) is 8.76. The minimum atomic E-state index is 0.819. The quantitative estimate of drug-likeness (QED) is 0.242. The molecule has 0 aliphatic rings. The van der Waals surface area contributed by atoms with Gasteiger partial charge in [0.2, 0.25) is 0 Å². The van der Waals surface area contributed by atoms with Crippen molar-refractivity contribution in [3.63, 3.8) is 0 Å². The van der Waals surface area contributed by atoms with Gasteiger partial charge in [0.1, 0.15) is 5.75 Å². The van der Waals surface area contributed by atoms with Crippen LogP contribution in [0.4, 0.5) is 0 Å². The number of ether oxygens (including phenoxy) is 1. The average Bonchev–Trinajstić information content (AvgIpc) is 2.70. The number of benzene rings is 2. The van der Waals surface area contributed by atoms with Crippen LogP contribution in [0.25, 0.3) is 11.1 Å². The third-order valence-electron chi connectivity index (χ3n) is 4.76. The van der Waals surface area contributed by atoms with E-state index < -0.39 is 0 Å². The van der Waals surface area contributed by atoms with Gasteiger partial charge in [-0.05, 0) is 36.1 Å². The first-order valence-corrected chi connectivity index (χ1v) is 10.8. The lowest BCUT2D eigenvalue weighted by atomic mass is 10.1. The Labute approximate surface area is 164 Å². The highest BCUT2D eigenvalue weighted by Gasteiger charge is 1.98. The molecule has 2 rings (SSSR count). The first kappa shape index (κ1) is 20.8. The van der Waals surface area contributed by atoms with E-state index in [1.807, 2.05) is 6.07 Å². The molecular formula is C24H33ClO. The van der Waals surface area contributed by atoms with E-state index >= 15 is 0 Å². The number of rotatable bonds is 14. The lowest BCUT2D eigenvalue weighted by Crippen LogP contribution is -1.97. The summed E-state index contributed by atoms with van der Waals surface area (Å²) in [7, 11) is 0. The minimum Gasteiger partial charge on any atom is -0.494 e. The highest BCUT2D eigenvalue weighted by molar-refractivity contribution is 6.17. The smallest absolute Gasteiger partial charge is 0.119 e. The maximum absolute atomic E-state index is 5.87. The molecule has 2 aromatic rings. The molecule has 0 saturated carbocycles. The van der Waals surface area contributed by atoms with E-state index in [2.05, 4.69) is 48.5 Å². The molecule has 0 aromatic heterocycles. The van der Waals surface area contributed by atoms with Crippen molar-refractivity contribution in [3.05, 3.63) is 54.6 Å². The fraction of sp³-hybridized carbons (Fsp3) is 0.500.